The van der Waals surface area contributed by atoms with Crippen LogP contribution in [-0.4, -0.2) is 20.2 Å². The summed E-state index contributed by atoms with van der Waals surface area (Å²) in [6, 6.07) is 3.58. The molecule has 0 spiro atoms. The van der Waals surface area contributed by atoms with Gasteiger partial charge in [-0.3, -0.25) is 0 Å². The zero-order valence-corrected chi connectivity index (χ0v) is 16.4. The summed E-state index contributed by atoms with van der Waals surface area (Å²) in [5, 5.41) is 4.34. The third-order valence-electron chi connectivity index (χ3n) is 3.95. The van der Waals surface area contributed by atoms with Crippen molar-refractivity contribution in [3.8, 4) is 0 Å². The molecule has 0 amide bonds. The molecule has 1 saturated carbocycles. The Kier molecular flexibility index (Phi) is 9.79. The highest BCUT2D eigenvalue weighted by atomic mass is 35.5. The van der Waals surface area contributed by atoms with Gasteiger partial charge in [0, 0.05) is 10.6 Å². The van der Waals surface area contributed by atoms with E-state index in [0.29, 0.717) is 18.6 Å². The molecule has 0 saturated heterocycles. The van der Waals surface area contributed by atoms with Crippen LogP contribution in [0.25, 0.3) is 0 Å². The number of rotatable bonds is 5. The van der Waals surface area contributed by atoms with E-state index in [-0.39, 0.29) is 16.7 Å². The Hall–Kier alpha value is -1.61. The lowest BCUT2D eigenvalue weighted by molar-refractivity contribution is -0.137. The zero-order valence-electron chi connectivity index (χ0n) is 14.9. The Morgan fingerprint density at radius 1 is 1.30 bits per heavy atom. The topological polar surface area (TPSA) is 79.6 Å². The van der Waals surface area contributed by atoms with E-state index in [4.69, 9.17) is 29.6 Å². The highest BCUT2D eigenvalue weighted by Gasteiger charge is 2.34. The molecule has 0 aromatic heterocycles. The Morgan fingerprint density at radius 2 is 1.89 bits per heavy atom. The maximum absolute atomic E-state index is 13.2. The summed E-state index contributed by atoms with van der Waals surface area (Å²) < 4.78 is 62.5. The Morgan fingerprint density at radius 3 is 2.41 bits per heavy atom. The van der Waals surface area contributed by atoms with Crippen molar-refractivity contribution in [2.75, 3.05) is 0 Å². The average molecular weight is 427 g/mol. The molecule has 0 bridgehead atoms. The highest BCUT2D eigenvalue weighted by Crippen LogP contribution is 2.34. The summed E-state index contributed by atoms with van der Waals surface area (Å²) in [5.41, 5.74) is -0.392. The maximum Gasteiger partial charge on any atom is 0.417 e. The number of oxime groups is 1. The third-order valence-corrected chi connectivity index (χ3v) is 4.18. The van der Waals surface area contributed by atoms with Crippen molar-refractivity contribution >= 4 is 27.8 Å². The van der Waals surface area contributed by atoms with Gasteiger partial charge in [0.1, 0.15) is 6.10 Å². The first-order valence-electron chi connectivity index (χ1n) is 8.55. The van der Waals surface area contributed by atoms with Crippen LogP contribution < -0.4 is 0 Å². The molecule has 1 aromatic carbocycles. The number of hydrogen-bond acceptors (Lipinski definition) is 5. The predicted molar refractivity (Wildman–Crippen MR) is 97.5 cm³/mol. The second kappa shape index (κ2) is 11.3. The van der Waals surface area contributed by atoms with Crippen LogP contribution in [0.3, 0.4) is 0 Å². The normalized spacial score (nSPS) is 15.7. The smallest absolute Gasteiger partial charge is 0.392 e. The van der Waals surface area contributed by atoms with Crippen molar-refractivity contribution in [3.05, 3.63) is 34.3 Å². The standard InChI is InChI=1S/C17H21ClF3NO.HNO2S/c1-2-6-16(22-23-13-7-4-3-5-8-13)14-11-12(18)9-10-15(14)17(19,20)21;1-4(2)3/h9-11,13H,2-8H2,1H3;1H/b22-16+;. The largest absolute Gasteiger partial charge is 0.417 e. The van der Waals surface area contributed by atoms with E-state index in [1.54, 1.807) is 0 Å². The van der Waals surface area contributed by atoms with Crippen LogP contribution in [0, 0.1) is 4.78 Å². The molecule has 1 N–H and O–H groups in total. The molecule has 0 heterocycles. The van der Waals surface area contributed by atoms with E-state index in [0.717, 1.165) is 31.7 Å². The summed E-state index contributed by atoms with van der Waals surface area (Å²) in [4.78, 5) is 5.54. The quantitative estimate of drug-likeness (QED) is 0.474. The molecule has 0 atom stereocenters. The monoisotopic (exact) mass is 426 g/mol. The minimum atomic E-state index is -4.45. The Balaban J connectivity index is 0.000000828. The minimum absolute atomic E-state index is 0.00382. The van der Waals surface area contributed by atoms with Crippen LogP contribution >= 0.6 is 11.6 Å². The summed E-state index contributed by atoms with van der Waals surface area (Å²) in [7, 11) is -2.61. The molecule has 2 rings (SSSR count). The van der Waals surface area contributed by atoms with E-state index >= 15 is 0 Å². The summed E-state index contributed by atoms with van der Waals surface area (Å²) >= 11 is 5.90. The van der Waals surface area contributed by atoms with Gasteiger partial charge in [-0.2, -0.15) is 26.4 Å². The van der Waals surface area contributed by atoms with Gasteiger partial charge in [-0.1, -0.05) is 36.5 Å². The molecule has 0 unspecified atom stereocenters. The van der Waals surface area contributed by atoms with Gasteiger partial charge in [-0.25, -0.2) is 0 Å². The zero-order chi connectivity index (χ0) is 20.4. The lowest BCUT2D eigenvalue weighted by atomic mass is 9.98. The summed E-state index contributed by atoms with van der Waals surface area (Å²) in [6.45, 7) is 1.90. The van der Waals surface area contributed by atoms with E-state index in [1.807, 2.05) is 6.92 Å². The summed E-state index contributed by atoms with van der Waals surface area (Å²) in [6.07, 6.45) is 1.80. The SMILES string of the molecule is CCC/C(=N\OC1CCCCC1)c1cc(Cl)ccc1C(F)(F)F.N=S(=O)=O. The molecular weight excluding hydrogens is 405 g/mol. The van der Waals surface area contributed by atoms with Crippen LogP contribution in [0.4, 0.5) is 13.2 Å². The molecule has 1 aliphatic rings. The molecule has 1 fully saturated rings. The number of nitrogens with zero attached hydrogens (tertiary/aromatic N) is 1. The van der Waals surface area contributed by atoms with Gasteiger partial charge in [0.15, 0.2) is 0 Å². The van der Waals surface area contributed by atoms with Crippen molar-refractivity contribution < 1.29 is 26.4 Å². The van der Waals surface area contributed by atoms with E-state index < -0.39 is 22.2 Å². The molecule has 27 heavy (non-hydrogen) atoms. The first-order valence-corrected chi connectivity index (χ1v) is 10.0. The van der Waals surface area contributed by atoms with Crippen molar-refractivity contribution in [2.24, 2.45) is 5.16 Å². The second-order valence-corrected chi connectivity index (χ2v) is 6.98. The molecule has 5 nitrogen and oxygen atoms in total. The fourth-order valence-corrected chi connectivity index (χ4v) is 2.95. The predicted octanol–water partition coefficient (Wildman–Crippen LogP) is 5.84. The van der Waals surface area contributed by atoms with Gasteiger partial charge in [-0.15, -0.1) is 0 Å². The third kappa shape index (κ3) is 8.75. The van der Waals surface area contributed by atoms with E-state index in [1.165, 1.54) is 18.6 Å². The Bertz CT molecular complexity index is 739. The molecule has 1 aromatic rings. The van der Waals surface area contributed by atoms with Crippen LogP contribution in [-0.2, 0) is 21.5 Å². The summed E-state index contributed by atoms with van der Waals surface area (Å²) in [5.74, 6) is 0. The number of benzene rings is 1. The van der Waals surface area contributed by atoms with Gasteiger partial charge in [0.2, 0.25) is 0 Å². The Labute approximate surface area is 163 Å². The van der Waals surface area contributed by atoms with E-state index in [2.05, 4.69) is 5.16 Å². The number of nitrogens with one attached hydrogen (secondary N) is 1. The van der Waals surface area contributed by atoms with Gasteiger partial charge in [0.05, 0.1) is 11.3 Å². The van der Waals surface area contributed by atoms with Crippen molar-refractivity contribution in [3.63, 3.8) is 0 Å². The maximum atomic E-state index is 13.2. The average Bonchev–Trinajstić information content (AvgIpc) is 2.58. The molecule has 10 heteroatoms. The van der Waals surface area contributed by atoms with Gasteiger partial charge in [0.25, 0.3) is 0 Å². The fourth-order valence-electron chi connectivity index (χ4n) is 2.78. The van der Waals surface area contributed by atoms with Crippen molar-refractivity contribution in [1.29, 1.82) is 4.78 Å². The highest BCUT2D eigenvalue weighted by molar-refractivity contribution is 7.60. The van der Waals surface area contributed by atoms with Crippen LogP contribution in [0.1, 0.15) is 63.0 Å². The van der Waals surface area contributed by atoms with Crippen LogP contribution in [0.5, 0.6) is 0 Å². The van der Waals surface area contributed by atoms with Crippen molar-refractivity contribution in [2.45, 2.75) is 64.1 Å². The number of halogens is 4. The van der Waals surface area contributed by atoms with Crippen LogP contribution in [0.2, 0.25) is 5.02 Å². The lowest BCUT2D eigenvalue weighted by Gasteiger charge is -2.20. The second-order valence-electron chi connectivity index (χ2n) is 6.08. The molecule has 1 aliphatic carbocycles. The number of alkyl halides is 3. The van der Waals surface area contributed by atoms with Gasteiger partial charge < -0.3 is 4.84 Å². The van der Waals surface area contributed by atoms with E-state index in [9.17, 15) is 13.2 Å². The fraction of sp³-hybridized carbons (Fsp3) is 0.588. The van der Waals surface area contributed by atoms with Crippen molar-refractivity contribution in [1.82, 2.24) is 0 Å². The van der Waals surface area contributed by atoms with Crippen LogP contribution in [0.15, 0.2) is 23.4 Å². The molecule has 0 radical (unpaired) electrons. The first kappa shape index (κ1) is 23.4. The minimum Gasteiger partial charge on any atom is -0.392 e. The van der Waals surface area contributed by atoms with Gasteiger partial charge >= 0.3 is 16.7 Å². The lowest BCUT2D eigenvalue weighted by Crippen LogP contribution is -2.17. The molecule has 152 valence electrons. The number of hydrogen-bond donors (Lipinski definition) is 1. The first-order chi connectivity index (χ1) is 12.6. The molecular formula is C17H22ClF3N2O3S. The molecule has 0 aliphatic heterocycles. The van der Waals surface area contributed by atoms with Gasteiger partial charge in [-0.05, 0) is 50.3 Å².